The number of carbonyl (C=O) groups is 1. The first kappa shape index (κ1) is 21.5. The smallest absolute Gasteiger partial charge is 0.309 e. The van der Waals surface area contributed by atoms with Gasteiger partial charge in [-0.3, -0.25) is 9.69 Å². The van der Waals surface area contributed by atoms with Crippen LogP contribution in [0.1, 0.15) is 57.4 Å². The third kappa shape index (κ3) is 4.43. The van der Waals surface area contributed by atoms with Crippen LogP contribution in [-0.2, 0) is 16.1 Å². The standard InChI is InChI=1S/C27H40N2O2/c1-19-26-24(27(30)31-19)15-21-11-6-7-13-23(21)25(26)18-28(2)22-12-8-14-29(17-22)16-20-9-4-3-5-10-20/h3-5,9-10,19,21-26H,6-8,11-18H2,1-2H3/t19-,21+,22+,23-,24-,25+,26-/m0/s1. The molecule has 5 rings (SSSR count). The number of hydrogen-bond donors (Lipinski definition) is 0. The molecule has 0 aromatic heterocycles. The molecule has 2 heterocycles. The van der Waals surface area contributed by atoms with Crippen LogP contribution in [0, 0.1) is 29.6 Å². The van der Waals surface area contributed by atoms with E-state index in [0.29, 0.717) is 17.9 Å². The Bertz CT molecular complexity index is 753. The molecule has 4 fully saturated rings. The Hall–Kier alpha value is -1.39. The quantitative estimate of drug-likeness (QED) is 0.648. The summed E-state index contributed by atoms with van der Waals surface area (Å²) in [5, 5.41) is 0. The van der Waals surface area contributed by atoms with Crippen molar-refractivity contribution in [3.05, 3.63) is 35.9 Å². The van der Waals surface area contributed by atoms with E-state index < -0.39 is 0 Å². The third-order valence-corrected chi connectivity index (χ3v) is 9.03. The number of benzene rings is 1. The zero-order valence-corrected chi connectivity index (χ0v) is 19.4. The molecule has 31 heavy (non-hydrogen) atoms. The molecular formula is C27H40N2O2. The molecule has 4 nitrogen and oxygen atoms in total. The van der Waals surface area contributed by atoms with Crippen molar-refractivity contribution in [3.8, 4) is 0 Å². The van der Waals surface area contributed by atoms with E-state index in [1.807, 2.05) is 0 Å². The van der Waals surface area contributed by atoms with Crippen LogP contribution in [0.25, 0.3) is 0 Å². The molecule has 1 aromatic rings. The largest absolute Gasteiger partial charge is 0.462 e. The summed E-state index contributed by atoms with van der Waals surface area (Å²) in [6.45, 7) is 6.71. The molecule has 2 aliphatic heterocycles. The summed E-state index contributed by atoms with van der Waals surface area (Å²) in [7, 11) is 2.35. The SMILES string of the molecule is C[C@@H]1OC(=O)[C@H]2C[C@H]3CCCC[C@@H]3[C@@H](CN(C)[C@@H]3CCCN(Cc4ccccc4)C3)[C@@H]12. The Morgan fingerprint density at radius 2 is 1.90 bits per heavy atom. The molecule has 1 aromatic carbocycles. The minimum Gasteiger partial charge on any atom is -0.462 e. The molecular weight excluding hydrogens is 384 g/mol. The molecule has 170 valence electrons. The van der Waals surface area contributed by atoms with Crippen molar-refractivity contribution in [2.45, 2.75) is 70.6 Å². The molecule has 0 radical (unpaired) electrons. The zero-order valence-electron chi connectivity index (χ0n) is 19.4. The lowest BCUT2D eigenvalue weighted by atomic mass is 9.57. The number of likely N-dealkylation sites (tertiary alicyclic amines) is 1. The lowest BCUT2D eigenvalue weighted by molar-refractivity contribution is -0.144. The van der Waals surface area contributed by atoms with Crippen LogP contribution >= 0.6 is 0 Å². The highest BCUT2D eigenvalue weighted by Gasteiger charge is 2.54. The molecule has 0 bridgehead atoms. The molecule has 7 atom stereocenters. The van der Waals surface area contributed by atoms with Crippen LogP contribution in [0.5, 0.6) is 0 Å². The van der Waals surface area contributed by atoms with E-state index >= 15 is 0 Å². The summed E-state index contributed by atoms with van der Waals surface area (Å²) in [4.78, 5) is 17.9. The second-order valence-corrected chi connectivity index (χ2v) is 10.9. The Kier molecular flexibility index (Phi) is 6.39. The van der Waals surface area contributed by atoms with Gasteiger partial charge in [0, 0.05) is 31.6 Å². The molecule has 4 aliphatic rings. The van der Waals surface area contributed by atoms with Crippen LogP contribution in [0.4, 0.5) is 0 Å². The van der Waals surface area contributed by atoms with E-state index in [4.69, 9.17) is 4.74 Å². The highest BCUT2D eigenvalue weighted by atomic mass is 16.6. The summed E-state index contributed by atoms with van der Waals surface area (Å²) < 4.78 is 5.79. The minimum atomic E-state index is 0.0970. The summed E-state index contributed by atoms with van der Waals surface area (Å²) in [5.74, 6) is 2.83. The van der Waals surface area contributed by atoms with Crippen molar-refractivity contribution in [3.63, 3.8) is 0 Å². The molecule has 0 spiro atoms. The maximum Gasteiger partial charge on any atom is 0.309 e. The number of nitrogens with zero attached hydrogens (tertiary/aromatic N) is 2. The van der Waals surface area contributed by atoms with Gasteiger partial charge < -0.3 is 9.64 Å². The first-order valence-corrected chi connectivity index (χ1v) is 12.8. The monoisotopic (exact) mass is 424 g/mol. The van der Waals surface area contributed by atoms with Gasteiger partial charge in [0.2, 0.25) is 0 Å². The van der Waals surface area contributed by atoms with Crippen LogP contribution in [0.2, 0.25) is 0 Å². The lowest BCUT2D eigenvalue weighted by Gasteiger charge is -2.49. The van der Waals surface area contributed by atoms with E-state index in [2.05, 4.69) is 54.1 Å². The number of piperidine rings is 1. The van der Waals surface area contributed by atoms with Crippen molar-refractivity contribution < 1.29 is 9.53 Å². The predicted octanol–water partition coefficient (Wildman–Crippen LogP) is 4.59. The maximum absolute atomic E-state index is 12.6. The van der Waals surface area contributed by atoms with Crippen molar-refractivity contribution in [1.82, 2.24) is 9.80 Å². The summed E-state index contributed by atoms with van der Waals surface area (Å²) >= 11 is 0. The molecule has 0 unspecified atom stereocenters. The second kappa shape index (κ2) is 9.23. The van der Waals surface area contributed by atoms with Gasteiger partial charge in [-0.2, -0.15) is 0 Å². The number of likely N-dealkylation sites (N-methyl/N-ethyl adjacent to an activating group) is 1. The second-order valence-electron chi connectivity index (χ2n) is 10.9. The minimum absolute atomic E-state index is 0.0970. The topological polar surface area (TPSA) is 32.8 Å². The van der Waals surface area contributed by atoms with E-state index in [9.17, 15) is 4.79 Å². The normalized spacial score (nSPS) is 38.5. The van der Waals surface area contributed by atoms with Crippen LogP contribution < -0.4 is 0 Å². The molecule has 0 amide bonds. The Labute approximate surface area is 188 Å². The third-order valence-electron chi connectivity index (χ3n) is 9.03. The van der Waals surface area contributed by atoms with Gasteiger partial charge in [-0.15, -0.1) is 0 Å². The highest BCUT2D eigenvalue weighted by Crippen LogP contribution is 2.53. The number of esters is 1. The Balaban J connectivity index is 1.27. The van der Waals surface area contributed by atoms with Crippen molar-refractivity contribution >= 4 is 5.97 Å². The van der Waals surface area contributed by atoms with E-state index in [0.717, 1.165) is 37.9 Å². The first-order chi connectivity index (χ1) is 15.1. The predicted molar refractivity (Wildman–Crippen MR) is 123 cm³/mol. The average Bonchev–Trinajstić information content (AvgIpc) is 3.07. The fourth-order valence-corrected chi connectivity index (χ4v) is 7.55. The maximum atomic E-state index is 12.6. The molecule has 2 aliphatic carbocycles. The summed E-state index contributed by atoms with van der Waals surface area (Å²) in [6.07, 6.45) is 9.16. The lowest BCUT2D eigenvalue weighted by Crippen LogP contribution is -2.52. The zero-order chi connectivity index (χ0) is 21.4. The number of rotatable bonds is 5. The van der Waals surface area contributed by atoms with Crippen molar-refractivity contribution in [1.29, 1.82) is 0 Å². The molecule has 2 saturated heterocycles. The molecule has 2 saturated carbocycles. The average molecular weight is 425 g/mol. The number of hydrogen-bond acceptors (Lipinski definition) is 4. The van der Waals surface area contributed by atoms with Gasteiger partial charge in [0.15, 0.2) is 0 Å². The Morgan fingerprint density at radius 3 is 2.74 bits per heavy atom. The summed E-state index contributed by atoms with van der Waals surface area (Å²) in [5.41, 5.74) is 1.42. The number of fused-ring (bicyclic) bond motifs is 2. The fraction of sp³-hybridized carbons (Fsp3) is 0.741. The van der Waals surface area contributed by atoms with Crippen LogP contribution in [0.15, 0.2) is 30.3 Å². The number of carbonyl (C=O) groups excluding carboxylic acids is 1. The summed E-state index contributed by atoms with van der Waals surface area (Å²) in [6, 6.07) is 11.5. The van der Waals surface area contributed by atoms with Gasteiger partial charge in [-0.05, 0) is 69.5 Å². The van der Waals surface area contributed by atoms with Crippen LogP contribution in [-0.4, -0.2) is 54.6 Å². The Morgan fingerprint density at radius 1 is 1.10 bits per heavy atom. The van der Waals surface area contributed by atoms with E-state index in [-0.39, 0.29) is 18.0 Å². The van der Waals surface area contributed by atoms with Crippen LogP contribution in [0.3, 0.4) is 0 Å². The van der Waals surface area contributed by atoms with Crippen molar-refractivity contribution in [2.24, 2.45) is 29.6 Å². The highest BCUT2D eigenvalue weighted by molar-refractivity contribution is 5.75. The van der Waals surface area contributed by atoms with Gasteiger partial charge >= 0.3 is 5.97 Å². The first-order valence-electron chi connectivity index (χ1n) is 12.8. The number of cyclic esters (lactones) is 1. The van der Waals surface area contributed by atoms with E-state index in [1.54, 1.807) is 0 Å². The van der Waals surface area contributed by atoms with Gasteiger partial charge in [0.1, 0.15) is 6.10 Å². The van der Waals surface area contributed by atoms with Gasteiger partial charge in [0.25, 0.3) is 0 Å². The van der Waals surface area contributed by atoms with Gasteiger partial charge in [-0.25, -0.2) is 0 Å². The molecule has 4 heteroatoms. The van der Waals surface area contributed by atoms with E-state index in [1.165, 1.54) is 50.6 Å². The van der Waals surface area contributed by atoms with Gasteiger partial charge in [-0.1, -0.05) is 49.6 Å². The van der Waals surface area contributed by atoms with Crippen molar-refractivity contribution in [2.75, 3.05) is 26.7 Å². The molecule has 0 N–H and O–H groups in total. The fourth-order valence-electron chi connectivity index (χ4n) is 7.55. The van der Waals surface area contributed by atoms with Gasteiger partial charge in [0.05, 0.1) is 5.92 Å². The number of ether oxygens (including phenoxy) is 1.